The number of hydrogen-bond donors (Lipinski definition) is 1. The molecule has 1 aromatic heterocycles. The fraction of sp³-hybridized carbons (Fsp3) is 0.267. The van der Waals surface area contributed by atoms with Crippen molar-refractivity contribution in [3.8, 4) is 0 Å². The van der Waals surface area contributed by atoms with Crippen molar-refractivity contribution in [1.82, 2.24) is 4.98 Å². The molecular weight excluding hydrogens is 240 g/mol. The first-order chi connectivity index (χ1) is 8.69. The van der Waals surface area contributed by atoms with Crippen LogP contribution in [0.5, 0.6) is 0 Å². The van der Waals surface area contributed by atoms with Gasteiger partial charge in [-0.3, -0.25) is 4.98 Å². The van der Waals surface area contributed by atoms with Crippen LogP contribution in [-0.2, 0) is 0 Å². The third kappa shape index (κ3) is 3.34. The minimum atomic E-state index is 0.0445. The summed E-state index contributed by atoms with van der Waals surface area (Å²) in [5.41, 5.74) is 8.19. The van der Waals surface area contributed by atoms with E-state index in [0.717, 1.165) is 17.0 Å². The van der Waals surface area contributed by atoms with E-state index in [1.54, 1.807) is 11.8 Å². The van der Waals surface area contributed by atoms with E-state index in [4.69, 9.17) is 5.73 Å². The van der Waals surface area contributed by atoms with Crippen molar-refractivity contribution in [3.05, 3.63) is 53.9 Å². The minimum absolute atomic E-state index is 0.0445. The summed E-state index contributed by atoms with van der Waals surface area (Å²) >= 11 is 1.73. The van der Waals surface area contributed by atoms with Crippen LogP contribution in [0.1, 0.15) is 30.6 Å². The first-order valence-corrected chi connectivity index (χ1v) is 6.96. The Bertz CT molecular complexity index is 508. The number of hydrogen-bond acceptors (Lipinski definition) is 3. The number of rotatable bonds is 4. The Morgan fingerprint density at radius 3 is 2.67 bits per heavy atom. The van der Waals surface area contributed by atoms with E-state index in [0.29, 0.717) is 0 Å². The van der Waals surface area contributed by atoms with Crippen LogP contribution in [0.2, 0.25) is 0 Å². The highest BCUT2D eigenvalue weighted by molar-refractivity contribution is 7.99. The molecule has 0 unspecified atom stereocenters. The quantitative estimate of drug-likeness (QED) is 0.902. The molecule has 18 heavy (non-hydrogen) atoms. The maximum absolute atomic E-state index is 5.95. The smallest absolute Gasteiger partial charge is 0.0571 e. The highest BCUT2D eigenvalue weighted by atomic mass is 32.2. The fourth-order valence-electron chi connectivity index (χ4n) is 1.70. The molecule has 0 aliphatic heterocycles. The lowest BCUT2D eigenvalue weighted by atomic mass is 10.1. The molecule has 1 aromatic carbocycles. The van der Waals surface area contributed by atoms with Crippen LogP contribution in [0.15, 0.2) is 52.4 Å². The van der Waals surface area contributed by atoms with Crippen molar-refractivity contribution in [2.24, 2.45) is 5.73 Å². The summed E-state index contributed by atoms with van der Waals surface area (Å²) in [6, 6.07) is 12.6. The summed E-state index contributed by atoms with van der Waals surface area (Å²) in [5.74, 6) is 0. The van der Waals surface area contributed by atoms with E-state index in [-0.39, 0.29) is 6.04 Å². The monoisotopic (exact) mass is 258 g/mol. The molecule has 0 fully saturated rings. The van der Waals surface area contributed by atoms with E-state index < -0.39 is 0 Å². The molecular formula is C15H18N2S. The van der Waals surface area contributed by atoms with Gasteiger partial charge in [0.1, 0.15) is 0 Å². The van der Waals surface area contributed by atoms with Crippen molar-refractivity contribution < 1.29 is 0 Å². The minimum Gasteiger partial charge on any atom is -0.323 e. The second kappa shape index (κ2) is 6.03. The lowest BCUT2D eigenvalue weighted by molar-refractivity contribution is 0.674. The molecule has 0 aliphatic rings. The van der Waals surface area contributed by atoms with Gasteiger partial charge in [-0.15, -0.1) is 0 Å². The molecule has 2 aromatic rings. The molecule has 0 saturated carbocycles. The molecule has 3 heteroatoms. The molecule has 1 heterocycles. The molecule has 0 aliphatic carbocycles. The van der Waals surface area contributed by atoms with E-state index in [9.17, 15) is 0 Å². The van der Waals surface area contributed by atoms with Crippen LogP contribution in [0.4, 0.5) is 0 Å². The zero-order chi connectivity index (χ0) is 13.0. The van der Waals surface area contributed by atoms with E-state index >= 15 is 0 Å². The van der Waals surface area contributed by atoms with Gasteiger partial charge in [-0.25, -0.2) is 0 Å². The number of benzene rings is 1. The first kappa shape index (κ1) is 13.1. The lowest BCUT2D eigenvalue weighted by Gasteiger charge is -2.08. The second-order valence-electron chi connectivity index (χ2n) is 4.35. The Morgan fingerprint density at radius 2 is 2.06 bits per heavy atom. The van der Waals surface area contributed by atoms with E-state index in [2.05, 4.69) is 49.2 Å². The number of pyridine rings is 1. The predicted molar refractivity (Wildman–Crippen MR) is 76.8 cm³/mol. The van der Waals surface area contributed by atoms with Crippen LogP contribution in [0.25, 0.3) is 0 Å². The largest absolute Gasteiger partial charge is 0.323 e. The molecule has 1 atom stereocenters. The molecule has 0 spiro atoms. The maximum Gasteiger partial charge on any atom is 0.0571 e. The second-order valence-corrected chi connectivity index (χ2v) is 5.50. The highest BCUT2D eigenvalue weighted by Crippen LogP contribution is 2.28. The summed E-state index contributed by atoms with van der Waals surface area (Å²) in [6.45, 7) is 4.17. The standard InChI is InChI=1S/C15H18N2S/c1-3-14(16)15-8-7-13(10-17-15)18-12-6-4-5-11(2)9-12/h4-10,14H,3,16H2,1-2H3/t14-/m1/s1. The van der Waals surface area contributed by atoms with Gasteiger partial charge in [0.25, 0.3) is 0 Å². The lowest BCUT2D eigenvalue weighted by Crippen LogP contribution is -2.10. The average molecular weight is 258 g/mol. The number of nitrogens with zero attached hydrogens (tertiary/aromatic N) is 1. The Labute approximate surface area is 113 Å². The number of aryl methyl sites for hydroxylation is 1. The van der Waals surface area contributed by atoms with Crippen molar-refractivity contribution in [2.75, 3.05) is 0 Å². The zero-order valence-electron chi connectivity index (χ0n) is 10.8. The summed E-state index contributed by atoms with van der Waals surface area (Å²) in [7, 11) is 0. The van der Waals surface area contributed by atoms with Gasteiger partial charge in [-0.05, 0) is 37.6 Å². The predicted octanol–water partition coefficient (Wildman–Crippen LogP) is 3.95. The van der Waals surface area contributed by atoms with Crippen LogP contribution >= 0.6 is 11.8 Å². The number of nitrogens with two attached hydrogens (primary N) is 1. The SMILES string of the molecule is CC[C@@H](N)c1ccc(Sc2cccc(C)c2)cn1. The van der Waals surface area contributed by atoms with Crippen molar-refractivity contribution >= 4 is 11.8 Å². The van der Waals surface area contributed by atoms with Gasteiger partial charge >= 0.3 is 0 Å². The van der Waals surface area contributed by atoms with Gasteiger partial charge < -0.3 is 5.73 Å². The van der Waals surface area contributed by atoms with Crippen LogP contribution in [0.3, 0.4) is 0 Å². The van der Waals surface area contributed by atoms with Crippen molar-refractivity contribution in [2.45, 2.75) is 36.1 Å². The van der Waals surface area contributed by atoms with Gasteiger partial charge in [0.15, 0.2) is 0 Å². The van der Waals surface area contributed by atoms with Crippen LogP contribution in [-0.4, -0.2) is 4.98 Å². The van der Waals surface area contributed by atoms with E-state index in [1.807, 2.05) is 12.3 Å². The summed E-state index contributed by atoms with van der Waals surface area (Å²) < 4.78 is 0. The summed E-state index contributed by atoms with van der Waals surface area (Å²) in [5, 5.41) is 0. The summed E-state index contributed by atoms with van der Waals surface area (Å²) in [4.78, 5) is 6.81. The van der Waals surface area contributed by atoms with Gasteiger partial charge in [-0.2, -0.15) is 0 Å². The van der Waals surface area contributed by atoms with Gasteiger partial charge in [0.05, 0.1) is 5.69 Å². The van der Waals surface area contributed by atoms with Crippen molar-refractivity contribution in [1.29, 1.82) is 0 Å². The van der Waals surface area contributed by atoms with Crippen LogP contribution in [0, 0.1) is 6.92 Å². The third-order valence-electron chi connectivity index (χ3n) is 2.80. The van der Waals surface area contributed by atoms with Gasteiger partial charge in [0.2, 0.25) is 0 Å². The Hall–Kier alpha value is -1.32. The molecule has 2 nitrogen and oxygen atoms in total. The third-order valence-corrected chi connectivity index (χ3v) is 3.77. The van der Waals surface area contributed by atoms with E-state index in [1.165, 1.54) is 10.5 Å². The first-order valence-electron chi connectivity index (χ1n) is 6.15. The molecule has 2 rings (SSSR count). The fourth-order valence-corrected chi connectivity index (χ4v) is 2.60. The number of aromatic nitrogens is 1. The average Bonchev–Trinajstić information content (AvgIpc) is 2.39. The van der Waals surface area contributed by atoms with Gasteiger partial charge in [0, 0.05) is 22.0 Å². The summed E-state index contributed by atoms with van der Waals surface area (Å²) in [6.07, 6.45) is 2.81. The normalized spacial score (nSPS) is 12.4. The molecule has 0 bridgehead atoms. The zero-order valence-corrected chi connectivity index (χ0v) is 11.6. The molecule has 0 amide bonds. The molecule has 2 N–H and O–H groups in total. The maximum atomic E-state index is 5.95. The highest BCUT2D eigenvalue weighted by Gasteiger charge is 2.05. The topological polar surface area (TPSA) is 38.9 Å². The Balaban J connectivity index is 2.11. The molecule has 0 radical (unpaired) electrons. The Morgan fingerprint density at radius 1 is 1.22 bits per heavy atom. The Kier molecular flexibility index (Phi) is 4.39. The molecule has 0 saturated heterocycles. The van der Waals surface area contributed by atoms with Crippen molar-refractivity contribution in [3.63, 3.8) is 0 Å². The van der Waals surface area contributed by atoms with Gasteiger partial charge in [-0.1, -0.05) is 36.4 Å². The van der Waals surface area contributed by atoms with Crippen LogP contribution < -0.4 is 5.73 Å². The molecule has 94 valence electrons.